The van der Waals surface area contributed by atoms with Gasteiger partial charge in [-0.1, -0.05) is 0 Å². The fraction of sp³-hybridized carbons (Fsp3) is 0.417. The molecule has 1 amide bonds. The van der Waals surface area contributed by atoms with Crippen LogP contribution in [0.1, 0.15) is 23.7 Å². The summed E-state index contributed by atoms with van der Waals surface area (Å²) in [5, 5.41) is 11.6. The van der Waals surface area contributed by atoms with Crippen molar-refractivity contribution in [3.05, 3.63) is 24.0 Å². The number of nitrogens with zero attached hydrogens (tertiary/aromatic N) is 3. The SMILES string of the molecule is CNc1cnccc1C(=O)N(C)C(C)CC#N. The average molecular weight is 232 g/mol. The molecule has 0 aliphatic rings. The van der Waals surface area contributed by atoms with Crippen LogP contribution in [0.3, 0.4) is 0 Å². The molecule has 0 fully saturated rings. The standard InChI is InChI=1S/C12H16N4O/c1-9(4-6-13)16(3)12(17)10-5-7-15-8-11(10)14-2/h5,7-9,14H,4H2,1-3H3. The summed E-state index contributed by atoms with van der Waals surface area (Å²) in [5.41, 5.74) is 1.25. The first kappa shape index (κ1) is 13.0. The Bertz CT molecular complexity index is 438. The van der Waals surface area contributed by atoms with Crippen LogP contribution in [0.2, 0.25) is 0 Å². The molecule has 1 atom stereocenters. The molecule has 1 rings (SSSR count). The fourth-order valence-electron chi connectivity index (χ4n) is 1.44. The van der Waals surface area contributed by atoms with Crippen molar-refractivity contribution < 1.29 is 4.79 Å². The van der Waals surface area contributed by atoms with Gasteiger partial charge in [-0.2, -0.15) is 5.26 Å². The molecule has 1 aromatic rings. The van der Waals surface area contributed by atoms with Gasteiger partial charge in [-0.25, -0.2) is 0 Å². The van der Waals surface area contributed by atoms with E-state index in [0.29, 0.717) is 17.7 Å². The molecule has 0 saturated carbocycles. The Morgan fingerprint density at radius 1 is 1.71 bits per heavy atom. The van der Waals surface area contributed by atoms with E-state index in [1.54, 1.807) is 37.5 Å². The molecule has 0 aromatic carbocycles. The largest absolute Gasteiger partial charge is 0.386 e. The number of carbonyl (C=O) groups excluding carboxylic acids is 1. The van der Waals surface area contributed by atoms with Crippen LogP contribution in [0.25, 0.3) is 0 Å². The maximum atomic E-state index is 12.2. The highest BCUT2D eigenvalue weighted by atomic mass is 16.2. The van der Waals surface area contributed by atoms with E-state index < -0.39 is 0 Å². The van der Waals surface area contributed by atoms with Crippen molar-refractivity contribution in [2.75, 3.05) is 19.4 Å². The Balaban J connectivity index is 2.93. The van der Waals surface area contributed by atoms with Crippen LogP contribution in [0.5, 0.6) is 0 Å². The molecule has 1 N–H and O–H groups in total. The van der Waals surface area contributed by atoms with Gasteiger partial charge in [0.2, 0.25) is 0 Å². The van der Waals surface area contributed by atoms with Crippen LogP contribution >= 0.6 is 0 Å². The number of pyridine rings is 1. The van der Waals surface area contributed by atoms with Crippen molar-refractivity contribution in [1.82, 2.24) is 9.88 Å². The van der Waals surface area contributed by atoms with Crippen LogP contribution < -0.4 is 5.32 Å². The summed E-state index contributed by atoms with van der Waals surface area (Å²) >= 11 is 0. The summed E-state index contributed by atoms with van der Waals surface area (Å²) in [5.74, 6) is -0.112. The van der Waals surface area contributed by atoms with Crippen LogP contribution in [0.15, 0.2) is 18.5 Å². The second-order valence-electron chi connectivity index (χ2n) is 3.80. The quantitative estimate of drug-likeness (QED) is 0.854. The molecule has 5 heteroatoms. The smallest absolute Gasteiger partial charge is 0.256 e. The second-order valence-corrected chi connectivity index (χ2v) is 3.80. The highest BCUT2D eigenvalue weighted by Gasteiger charge is 2.19. The zero-order valence-corrected chi connectivity index (χ0v) is 10.3. The predicted octanol–water partition coefficient (Wildman–Crippen LogP) is 1.50. The summed E-state index contributed by atoms with van der Waals surface area (Å²) in [4.78, 5) is 17.7. The van der Waals surface area contributed by atoms with Crippen molar-refractivity contribution in [2.24, 2.45) is 0 Å². The molecule has 0 bridgehead atoms. The molecule has 0 aliphatic carbocycles. The van der Waals surface area contributed by atoms with Gasteiger partial charge in [0, 0.05) is 26.3 Å². The number of anilines is 1. The van der Waals surface area contributed by atoms with Gasteiger partial charge in [0.05, 0.1) is 29.9 Å². The van der Waals surface area contributed by atoms with E-state index in [-0.39, 0.29) is 11.9 Å². The van der Waals surface area contributed by atoms with Crippen LogP contribution in [0, 0.1) is 11.3 Å². The average Bonchev–Trinajstić information content (AvgIpc) is 2.37. The van der Waals surface area contributed by atoms with E-state index in [1.807, 2.05) is 6.92 Å². The van der Waals surface area contributed by atoms with Gasteiger partial charge in [-0.3, -0.25) is 9.78 Å². The van der Waals surface area contributed by atoms with Crippen molar-refractivity contribution in [3.63, 3.8) is 0 Å². The Hall–Kier alpha value is -2.09. The normalized spacial score (nSPS) is 11.4. The topological polar surface area (TPSA) is 69.0 Å². The molecule has 0 spiro atoms. The third-order valence-corrected chi connectivity index (χ3v) is 2.69. The molecular formula is C12H16N4O. The summed E-state index contributed by atoms with van der Waals surface area (Å²) in [6.07, 6.45) is 3.51. The Morgan fingerprint density at radius 2 is 2.41 bits per heavy atom. The Kier molecular flexibility index (Phi) is 4.46. The van der Waals surface area contributed by atoms with Gasteiger partial charge >= 0.3 is 0 Å². The number of carbonyl (C=O) groups is 1. The molecule has 90 valence electrons. The van der Waals surface area contributed by atoms with Crippen LogP contribution in [-0.4, -0.2) is 35.9 Å². The van der Waals surface area contributed by atoms with Crippen molar-refractivity contribution >= 4 is 11.6 Å². The monoisotopic (exact) mass is 232 g/mol. The van der Waals surface area contributed by atoms with Crippen molar-refractivity contribution in [3.8, 4) is 6.07 Å². The lowest BCUT2D eigenvalue weighted by Gasteiger charge is -2.23. The predicted molar refractivity (Wildman–Crippen MR) is 65.6 cm³/mol. The van der Waals surface area contributed by atoms with Gasteiger partial charge in [-0.15, -0.1) is 0 Å². The molecule has 0 saturated heterocycles. The fourth-order valence-corrected chi connectivity index (χ4v) is 1.44. The lowest BCUT2D eigenvalue weighted by molar-refractivity contribution is 0.0747. The molecule has 1 heterocycles. The van der Waals surface area contributed by atoms with Gasteiger partial charge in [0.25, 0.3) is 5.91 Å². The first-order valence-corrected chi connectivity index (χ1v) is 5.37. The molecule has 5 nitrogen and oxygen atoms in total. The maximum absolute atomic E-state index is 12.2. The molecule has 1 aromatic heterocycles. The number of hydrogen-bond acceptors (Lipinski definition) is 4. The first-order valence-electron chi connectivity index (χ1n) is 5.37. The van der Waals surface area contributed by atoms with E-state index in [4.69, 9.17) is 5.26 Å². The van der Waals surface area contributed by atoms with E-state index in [2.05, 4.69) is 16.4 Å². The van der Waals surface area contributed by atoms with Crippen LogP contribution in [-0.2, 0) is 0 Å². The minimum absolute atomic E-state index is 0.106. The number of nitrogens with one attached hydrogen (secondary N) is 1. The van der Waals surface area contributed by atoms with E-state index in [9.17, 15) is 4.79 Å². The number of rotatable bonds is 4. The van der Waals surface area contributed by atoms with E-state index in [1.165, 1.54) is 0 Å². The molecule has 0 radical (unpaired) electrons. The number of amides is 1. The highest BCUT2D eigenvalue weighted by molar-refractivity contribution is 5.99. The third-order valence-electron chi connectivity index (χ3n) is 2.69. The summed E-state index contributed by atoms with van der Waals surface area (Å²) in [6, 6.07) is 3.63. The zero-order chi connectivity index (χ0) is 12.8. The van der Waals surface area contributed by atoms with Crippen LogP contribution in [0.4, 0.5) is 5.69 Å². The van der Waals surface area contributed by atoms with Gasteiger partial charge in [0.1, 0.15) is 0 Å². The third kappa shape index (κ3) is 2.94. The van der Waals surface area contributed by atoms with Gasteiger partial charge < -0.3 is 10.2 Å². The van der Waals surface area contributed by atoms with Crippen molar-refractivity contribution in [1.29, 1.82) is 5.26 Å². The zero-order valence-electron chi connectivity index (χ0n) is 10.3. The van der Waals surface area contributed by atoms with Gasteiger partial charge in [-0.05, 0) is 13.0 Å². The molecular weight excluding hydrogens is 216 g/mol. The lowest BCUT2D eigenvalue weighted by Crippen LogP contribution is -2.35. The van der Waals surface area contributed by atoms with E-state index >= 15 is 0 Å². The van der Waals surface area contributed by atoms with Crippen molar-refractivity contribution in [2.45, 2.75) is 19.4 Å². The summed E-state index contributed by atoms with van der Waals surface area (Å²) in [6.45, 7) is 1.85. The molecule has 17 heavy (non-hydrogen) atoms. The Morgan fingerprint density at radius 3 is 3.00 bits per heavy atom. The first-order chi connectivity index (χ1) is 8.11. The Labute approximate surface area is 101 Å². The summed E-state index contributed by atoms with van der Waals surface area (Å²) in [7, 11) is 3.44. The number of aromatic nitrogens is 1. The number of nitriles is 1. The molecule has 0 aliphatic heterocycles. The minimum atomic E-state index is -0.112. The maximum Gasteiger partial charge on any atom is 0.256 e. The van der Waals surface area contributed by atoms with Gasteiger partial charge in [0.15, 0.2) is 0 Å². The number of hydrogen-bond donors (Lipinski definition) is 1. The van der Waals surface area contributed by atoms with E-state index in [0.717, 1.165) is 0 Å². The second kappa shape index (κ2) is 5.85. The lowest BCUT2D eigenvalue weighted by atomic mass is 10.1. The minimum Gasteiger partial charge on any atom is -0.386 e. The highest BCUT2D eigenvalue weighted by Crippen LogP contribution is 2.16. The summed E-state index contributed by atoms with van der Waals surface area (Å²) < 4.78 is 0. The molecule has 1 unspecified atom stereocenters.